The fourth-order valence-corrected chi connectivity index (χ4v) is 6.63. The van der Waals surface area contributed by atoms with Crippen LogP contribution < -0.4 is 24.4 Å². The summed E-state index contributed by atoms with van der Waals surface area (Å²) in [7, 11) is 0. The van der Waals surface area contributed by atoms with Crippen molar-refractivity contribution < 1.29 is 23.4 Å². The number of rotatable bonds is 9. The van der Waals surface area contributed by atoms with E-state index in [1.54, 1.807) is 42.7 Å². The lowest BCUT2D eigenvalue weighted by Crippen LogP contribution is -2.40. The molecule has 0 fully saturated rings. The van der Waals surface area contributed by atoms with Crippen LogP contribution in [0.15, 0.2) is 106 Å². The Morgan fingerprint density at radius 2 is 1.74 bits per heavy atom. The van der Waals surface area contributed by atoms with Gasteiger partial charge in [-0.3, -0.25) is 9.36 Å². The summed E-state index contributed by atoms with van der Waals surface area (Å²) in [5.41, 5.74) is 2.18. The van der Waals surface area contributed by atoms with Gasteiger partial charge in [-0.25, -0.2) is 14.2 Å². The van der Waals surface area contributed by atoms with Crippen molar-refractivity contribution in [2.45, 2.75) is 46.4 Å². The van der Waals surface area contributed by atoms with Gasteiger partial charge in [0.2, 0.25) is 0 Å². The van der Waals surface area contributed by atoms with Gasteiger partial charge in [0.25, 0.3) is 5.56 Å². The first-order valence-electron chi connectivity index (χ1n) is 15.1. The number of aromatic nitrogens is 1. The first-order valence-corrected chi connectivity index (χ1v) is 15.9. The Balaban J connectivity index is 1.55. The SMILES string of the molecule is CCOC(=O)C1=C(C)N=c2s/c(=C\c3c(OCc4ccccc4F)ccc4ccccc34)c(=O)n2[C@@H]1c1ccccc1OC(C)C. The fourth-order valence-electron chi connectivity index (χ4n) is 5.61. The Morgan fingerprint density at radius 3 is 2.52 bits per heavy atom. The number of ether oxygens (including phenoxy) is 3. The van der Waals surface area contributed by atoms with Crippen LogP contribution >= 0.6 is 11.3 Å². The zero-order valence-corrected chi connectivity index (χ0v) is 26.8. The van der Waals surface area contributed by atoms with Crippen LogP contribution in [0.1, 0.15) is 50.4 Å². The summed E-state index contributed by atoms with van der Waals surface area (Å²) < 4.78 is 34.2. The number of thiazole rings is 1. The highest BCUT2D eigenvalue weighted by Gasteiger charge is 2.35. The van der Waals surface area contributed by atoms with Crippen LogP contribution in [0.3, 0.4) is 0 Å². The summed E-state index contributed by atoms with van der Waals surface area (Å²) >= 11 is 1.23. The lowest BCUT2D eigenvalue weighted by atomic mass is 9.95. The van der Waals surface area contributed by atoms with Gasteiger partial charge in [0.05, 0.1) is 28.5 Å². The molecule has 9 heteroatoms. The molecule has 0 saturated carbocycles. The Morgan fingerprint density at radius 1 is 1.00 bits per heavy atom. The molecule has 0 amide bonds. The van der Waals surface area contributed by atoms with Gasteiger partial charge in [-0.2, -0.15) is 0 Å². The van der Waals surface area contributed by atoms with E-state index in [4.69, 9.17) is 19.2 Å². The minimum atomic E-state index is -0.823. The molecule has 1 aliphatic rings. The van der Waals surface area contributed by atoms with Crippen LogP contribution in [0, 0.1) is 5.82 Å². The van der Waals surface area contributed by atoms with E-state index in [0.717, 1.165) is 10.8 Å². The average molecular weight is 637 g/mol. The van der Waals surface area contributed by atoms with Gasteiger partial charge in [-0.1, -0.05) is 78.1 Å². The summed E-state index contributed by atoms with van der Waals surface area (Å²) in [6.45, 7) is 7.53. The molecule has 7 nitrogen and oxygen atoms in total. The van der Waals surface area contributed by atoms with Crippen LogP contribution in [0.2, 0.25) is 0 Å². The number of benzene rings is 4. The molecule has 234 valence electrons. The van der Waals surface area contributed by atoms with E-state index in [1.165, 1.54) is 17.4 Å². The van der Waals surface area contributed by atoms with E-state index in [1.807, 2.05) is 74.5 Å². The first kappa shape index (κ1) is 31.0. The highest BCUT2D eigenvalue weighted by molar-refractivity contribution is 7.07. The van der Waals surface area contributed by atoms with Gasteiger partial charge in [0.1, 0.15) is 30.0 Å². The molecule has 1 atom stereocenters. The number of fused-ring (bicyclic) bond motifs is 2. The summed E-state index contributed by atoms with van der Waals surface area (Å²) in [6.07, 6.45) is 1.65. The molecule has 2 heterocycles. The average Bonchev–Trinajstić information content (AvgIpc) is 3.34. The van der Waals surface area contributed by atoms with E-state index in [-0.39, 0.29) is 36.3 Å². The second kappa shape index (κ2) is 13.1. The van der Waals surface area contributed by atoms with Crippen molar-refractivity contribution in [3.63, 3.8) is 0 Å². The third-order valence-corrected chi connectivity index (χ3v) is 8.62. The molecule has 0 aliphatic carbocycles. The first-order chi connectivity index (χ1) is 22.3. The Bertz CT molecular complexity index is 2160. The van der Waals surface area contributed by atoms with Crippen LogP contribution in [0.5, 0.6) is 11.5 Å². The maximum atomic E-state index is 14.4. The van der Waals surface area contributed by atoms with Crippen molar-refractivity contribution in [3.05, 3.63) is 138 Å². The highest BCUT2D eigenvalue weighted by atomic mass is 32.1. The maximum absolute atomic E-state index is 14.4. The normalized spacial score (nSPS) is 14.7. The van der Waals surface area contributed by atoms with E-state index in [0.29, 0.717) is 43.2 Å². The summed E-state index contributed by atoms with van der Waals surface area (Å²) in [6, 6.07) is 24.6. The monoisotopic (exact) mass is 636 g/mol. The van der Waals surface area contributed by atoms with Crippen LogP contribution in [0.25, 0.3) is 16.8 Å². The predicted octanol–water partition coefficient (Wildman–Crippen LogP) is 6.46. The molecular formula is C37H33FN2O5S. The second-order valence-electron chi connectivity index (χ2n) is 11.1. The van der Waals surface area contributed by atoms with E-state index in [9.17, 15) is 14.0 Å². The molecule has 0 bridgehead atoms. The van der Waals surface area contributed by atoms with Crippen molar-refractivity contribution in [3.8, 4) is 11.5 Å². The molecule has 0 radical (unpaired) electrons. The predicted molar refractivity (Wildman–Crippen MR) is 177 cm³/mol. The van der Waals surface area contributed by atoms with Gasteiger partial charge in [-0.15, -0.1) is 0 Å². The quantitative estimate of drug-likeness (QED) is 0.174. The third-order valence-electron chi connectivity index (χ3n) is 7.64. The molecule has 0 saturated heterocycles. The van der Waals surface area contributed by atoms with Crippen molar-refractivity contribution in [2.24, 2.45) is 4.99 Å². The van der Waals surface area contributed by atoms with Crippen LogP contribution in [-0.2, 0) is 16.1 Å². The zero-order valence-electron chi connectivity index (χ0n) is 26.0. The Labute approximate surface area is 269 Å². The van der Waals surface area contributed by atoms with Crippen molar-refractivity contribution >= 4 is 34.2 Å². The fraction of sp³-hybridized carbons (Fsp3) is 0.216. The number of allylic oxidation sites excluding steroid dienone is 1. The molecule has 6 rings (SSSR count). The van der Waals surface area contributed by atoms with E-state index >= 15 is 0 Å². The topological polar surface area (TPSA) is 79.1 Å². The molecule has 4 aromatic carbocycles. The molecule has 0 spiro atoms. The van der Waals surface area contributed by atoms with Gasteiger partial charge in [0.15, 0.2) is 4.80 Å². The largest absolute Gasteiger partial charge is 0.491 e. The van der Waals surface area contributed by atoms with Gasteiger partial charge < -0.3 is 14.2 Å². The van der Waals surface area contributed by atoms with Gasteiger partial charge in [-0.05, 0) is 62.7 Å². The number of carbonyl (C=O) groups excluding carboxylic acids is 1. The number of para-hydroxylation sites is 1. The lowest BCUT2D eigenvalue weighted by Gasteiger charge is -2.26. The van der Waals surface area contributed by atoms with Crippen LogP contribution in [0.4, 0.5) is 4.39 Å². The number of hydrogen-bond donors (Lipinski definition) is 0. The minimum absolute atomic E-state index is 0.0157. The number of carbonyl (C=O) groups is 1. The highest BCUT2D eigenvalue weighted by Crippen LogP contribution is 2.36. The zero-order chi connectivity index (χ0) is 32.4. The lowest BCUT2D eigenvalue weighted by molar-refractivity contribution is -0.139. The summed E-state index contributed by atoms with van der Waals surface area (Å²) in [4.78, 5) is 33.0. The molecule has 1 aromatic heterocycles. The molecule has 1 aliphatic heterocycles. The standard InChI is InChI=1S/C37H33FN2O5S/c1-5-43-36(42)33-23(4)39-37-40(34(33)27-15-9-11-17-31(27)45-22(2)3)35(41)32(46-37)20-28-26-14-8-6-12-24(26)18-19-30(28)44-21-25-13-7-10-16-29(25)38/h6-20,22,34H,5,21H2,1-4H3/b32-20-/t34-/m1/s1. The van der Waals surface area contributed by atoms with Crippen molar-refractivity contribution in [2.75, 3.05) is 6.61 Å². The molecule has 5 aromatic rings. The van der Waals surface area contributed by atoms with Gasteiger partial charge in [0, 0.05) is 16.7 Å². The number of esters is 1. The number of halogens is 1. The van der Waals surface area contributed by atoms with Gasteiger partial charge >= 0.3 is 5.97 Å². The minimum Gasteiger partial charge on any atom is -0.491 e. The van der Waals surface area contributed by atoms with Crippen molar-refractivity contribution in [1.29, 1.82) is 0 Å². The second-order valence-corrected chi connectivity index (χ2v) is 12.1. The number of hydrogen-bond acceptors (Lipinski definition) is 7. The molecular weight excluding hydrogens is 603 g/mol. The van der Waals surface area contributed by atoms with E-state index < -0.39 is 12.0 Å². The number of nitrogens with zero attached hydrogens (tertiary/aromatic N) is 2. The van der Waals surface area contributed by atoms with Crippen molar-refractivity contribution in [1.82, 2.24) is 4.57 Å². The smallest absolute Gasteiger partial charge is 0.338 e. The van der Waals surface area contributed by atoms with Crippen LogP contribution in [-0.4, -0.2) is 23.2 Å². The maximum Gasteiger partial charge on any atom is 0.338 e. The molecule has 0 N–H and O–H groups in total. The molecule has 46 heavy (non-hydrogen) atoms. The summed E-state index contributed by atoms with van der Waals surface area (Å²) in [5.74, 6) is 0.169. The Kier molecular flexibility index (Phi) is 8.85. The summed E-state index contributed by atoms with van der Waals surface area (Å²) in [5, 5.41) is 1.83. The molecule has 0 unspecified atom stereocenters. The Hall–Kier alpha value is -5.02. The third kappa shape index (κ3) is 5.98. The van der Waals surface area contributed by atoms with E-state index in [2.05, 4.69) is 0 Å².